The Morgan fingerprint density at radius 3 is 2.39 bits per heavy atom. The van der Waals surface area contributed by atoms with E-state index in [1.54, 1.807) is 31.2 Å². The molecule has 0 aliphatic rings. The van der Waals surface area contributed by atoms with Crippen LogP contribution in [0.5, 0.6) is 5.75 Å². The lowest BCUT2D eigenvalue weighted by molar-refractivity contribution is -0.114. The van der Waals surface area contributed by atoms with Gasteiger partial charge in [-0.2, -0.15) is 0 Å². The summed E-state index contributed by atoms with van der Waals surface area (Å²) in [7, 11) is -2.88. The Balaban J connectivity index is 1.99. The molecule has 0 saturated heterocycles. The van der Waals surface area contributed by atoms with Crippen LogP contribution in [0.15, 0.2) is 71.6 Å². The van der Waals surface area contributed by atoms with E-state index in [1.165, 1.54) is 31.4 Å². The maximum Gasteiger partial charge on any atom is 0.268 e. The standard InChI is InChI=1S/C22H20F2N2O4S/c1-15-8-11-20(30-2)21(12-15)31(28,29)26(17-6-4-3-5-7-17)14-22(27)25-19-10-9-16(23)13-18(19)24/h3-13H,14H2,1-2H3,(H,25,27). The van der Waals surface area contributed by atoms with Crippen molar-refractivity contribution >= 4 is 27.3 Å². The minimum atomic E-state index is -4.23. The summed E-state index contributed by atoms with van der Waals surface area (Å²) in [5.41, 5.74) is 0.663. The Hall–Kier alpha value is -3.46. The summed E-state index contributed by atoms with van der Waals surface area (Å²) in [5.74, 6) is -2.44. The highest BCUT2D eigenvalue weighted by molar-refractivity contribution is 7.93. The third-order valence-electron chi connectivity index (χ3n) is 4.42. The van der Waals surface area contributed by atoms with E-state index in [4.69, 9.17) is 4.74 Å². The molecule has 3 aromatic carbocycles. The number of sulfonamides is 1. The van der Waals surface area contributed by atoms with Crippen LogP contribution in [0, 0.1) is 18.6 Å². The largest absolute Gasteiger partial charge is 0.495 e. The number of hydrogen-bond acceptors (Lipinski definition) is 4. The number of anilines is 2. The highest BCUT2D eigenvalue weighted by atomic mass is 32.2. The van der Waals surface area contributed by atoms with Gasteiger partial charge in [0.25, 0.3) is 10.0 Å². The first kappa shape index (κ1) is 22.2. The summed E-state index contributed by atoms with van der Waals surface area (Å²) < 4.78 is 60.1. The number of para-hydroxylation sites is 1. The van der Waals surface area contributed by atoms with E-state index in [1.807, 2.05) is 0 Å². The van der Waals surface area contributed by atoms with Crippen LogP contribution in [0.1, 0.15) is 5.56 Å². The third kappa shape index (κ3) is 5.00. The molecule has 162 valence electrons. The fourth-order valence-corrected chi connectivity index (χ4v) is 4.59. The van der Waals surface area contributed by atoms with Gasteiger partial charge < -0.3 is 10.1 Å². The lowest BCUT2D eigenvalue weighted by Crippen LogP contribution is -2.38. The average molecular weight is 446 g/mol. The minimum absolute atomic E-state index is 0.111. The second kappa shape index (κ2) is 9.13. The number of halogens is 2. The summed E-state index contributed by atoms with van der Waals surface area (Å²) in [6.07, 6.45) is 0. The van der Waals surface area contributed by atoms with Crippen LogP contribution < -0.4 is 14.4 Å². The van der Waals surface area contributed by atoms with Crippen molar-refractivity contribution in [1.29, 1.82) is 0 Å². The molecule has 9 heteroatoms. The predicted octanol–water partition coefficient (Wildman–Crippen LogP) is 4.12. The Bertz CT molecular complexity index is 1200. The molecule has 0 saturated carbocycles. The van der Waals surface area contributed by atoms with E-state index in [0.29, 0.717) is 11.6 Å². The molecule has 0 aliphatic heterocycles. The molecule has 0 spiro atoms. The molecule has 0 unspecified atom stereocenters. The third-order valence-corrected chi connectivity index (χ3v) is 6.22. The number of carbonyl (C=O) groups is 1. The molecule has 3 rings (SSSR count). The summed E-state index contributed by atoms with van der Waals surface area (Å²) >= 11 is 0. The number of rotatable bonds is 7. The second-order valence-corrected chi connectivity index (χ2v) is 8.50. The smallest absolute Gasteiger partial charge is 0.268 e. The van der Waals surface area contributed by atoms with Crippen LogP contribution in [-0.2, 0) is 14.8 Å². The van der Waals surface area contributed by atoms with E-state index in [0.717, 1.165) is 16.4 Å². The molecular weight excluding hydrogens is 426 g/mol. The first-order chi connectivity index (χ1) is 14.7. The first-order valence-electron chi connectivity index (χ1n) is 9.19. The summed E-state index contributed by atoms with van der Waals surface area (Å²) in [4.78, 5) is 12.5. The lowest BCUT2D eigenvalue weighted by Gasteiger charge is -2.25. The SMILES string of the molecule is COc1ccc(C)cc1S(=O)(=O)N(CC(=O)Nc1ccc(F)cc1F)c1ccccc1. The van der Waals surface area contributed by atoms with Gasteiger partial charge in [0.1, 0.15) is 28.8 Å². The molecule has 0 radical (unpaired) electrons. The van der Waals surface area contributed by atoms with Crippen LogP contribution in [-0.4, -0.2) is 28.0 Å². The Morgan fingerprint density at radius 2 is 1.74 bits per heavy atom. The van der Waals surface area contributed by atoms with E-state index in [9.17, 15) is 22.0 Å². The van der Waals surface area contributed by atoms with Gasteiger partial charge in [0.2, 0.25) is 5.91 Å². The average Bonchev–Trinajstić information content (AvgIpc) is 2.74. The summed E-state index contributed by atoms with van der Waals surface area (Å²) in [6.45, 7) is 1.09. The number of ether oxygens (including phenoxy) is 1. The molecule has 0 bridgehead atoms. The van der Waals surface area contributed by atoms with Crippen molar-refractivity contribution < 1.29 is 26.7 Å². The van der Waals surface area contributed by atoms with Crippen LogP contribution in [0.25, 0.3) is 0 Å². The summed E-state index contributed by atoms with van der Waals surface area (Å²) in [5, 5.41) is 2.28. The molecule has 0 fully saturated rings. The predicted molar refractivity (Wildman–Crippen MR) is 114 cm³/mol. The quantitative estimate of drug-likeness (QED) is 0.593. The number of hydrogen-bond donors (Lipinski definition) is 1. The van der Waals surface area contributed by atoms with Crippen LogP contribution in [0.2, 0.25) is 0 Å². The number of nitrogens with zero attached hydrogens (tertiary/aromatic N) is 1. The highest BCUT2D eigenvalue weighted by Gasteiger charge is 2.30. The first-order valence-corrected chi connectivity index (χ1v) is 10.6. The van der Waals surface area contributed by atoms with Gasteiger partial charge in [-0.1, -0.05) is 24.3 Å². The van der Waals surface area contributed by atoms with Gasteiger partial charge in [-0.15, -0.1) is 0 Å². The number of nitrogens with one attached hydrogen (secondary N) is 1. The van der Waals surface area contributed by atoms with Gasteiger partial charge in [0, 0.05) is 6.07 Å². The normalized spacial score (nSPS) is 11.1. The highest BCUT2D eigenvalue weighted by Crippen LogP contribution is 2.31. The fraction of sp³-hybridized carbons (Fsp3) is 0.136. The Morgan fingerprint density at radius 1 is 1.03 bits per heavy atom. The molecule has 0 heterocycles. The fourth-order valence-electron chi connectivity index (χ4n) is 2.92. The zero-order valence-corrected chi connectivity index (χ0v) is 17.6. The minimum Gasteiger partial charge on any atom is -0.495 e. The maximum atomic E-state index is 13.9. The molecule has 31 heavy (non-hydrogen) atoms. The van der Waals surface area contributed by atoms with Gasteiger partial charge in [-0.05, 0) is 48.9 Å². The van der Waals surface area contributed by atoms with Crippen LogP contribution in [0.3, 0.4) is 0 Å². The molecule has 0 aliphatic carbocycles. The molecular formula is C22H20F2N2O4S. The van der Waals surface area contributed by atoms with Crippen molar-refractivity contribution in [2.24, 2.45) is 0 Å². The van der Waals surface area contributed by atoms with Crippen molar-refractivity contribution in [2.45, 2.75) is 11.8 Å². The Kier molecular flexibility index (Phi) is 6.55. The van der Waals surface area contributed by atoms with Crippen LogP contribution in [0.4, 0.5) is 20.2 Å². The van der Waals surface area contributed by atoms with Gasteiger partial charge in [0.15, 0.2) is 0 Å². The van der Waals surface area contributed by atoms with Crippen molar-refractivity contribution in [3.05, 3.63) is 83.9 Å². The lowest BCUT2D eigenvalue weighted by atomic mass is 10.2. The topological polar surface area (TPSA) is 75.7 Å². The van der Waals surface area contributed by atoms with Crippen LogP contribution >= 0.6 is 0 Å². The maximum absolute atomic E-state index is 13.9. The van der Waals surface area contributed by atoms with Gasteiger partial charge in [0.05, 0.1) is 18.5 Å². The van der Waals surface area contributed by atoms with E-state index in [2.05, 4.69) is 5.32 Å². The van der Waals surface area contributed by atoms with E-state index in [-0.39, 0.29) is 22.0 Å². The molecule has 3 aromatic rings. The molecule has 1 N–H and O–H groups in total. The number of benzene rings is 3. The van der Waals surface area contributed by atoms with Gasteiger partial charge >= 0.3 is 0 Å². The summed E-state index contributed by atoms with van der Waals surface area (Å²) in [6, 6.07) is 15.4. The molecule has 0 atom stereocenters. The zero-order valence-electron chi connectivity index (χ0n) is 16.8. The zero-order chi connectivity index (χ0) is 22.6. The number of aryl methyl sites for hydroxylation is 1. The van der Waals surface area contributed by atoms with Gasteiger partial charge in [-0.25, -0.2) is 17.2 Å². The van der Waals surface area contributed by atoms with Gasteiger partial charge in [-0.3, -0.25) is 9.10 Å². The van der Waals surface area contributed by atoms with Crippen molar-refractivity contribution in [3.8, 4) is 5.75 Å². The van der Waals surface area contributed by atoms with Crippen molar-refractivity contribution in [1.82, 2.24) is 0 Å². The number of methoxy groups -OCH3 is 1. The van der Waals surface area contributed by atoms with Crippen molar-refractivity contribution in [2.75, 3.05) is 23.3 Å². The number of carbonyl (C=O) groups excluding carboxylic acids is 1. The van der Waals surface area contributed by atoms with E-state index >= 15 is 0 Å². The van der Waals surface area contributed by atoms with E-state index < -0.39 is 34.1 Å². The number of amides is 1. The Labute approximate surface area is 179 Å². The molecule has 6 nitrogen and oxygen atoms in total. The monoisotopic (exact) mass is 446 g/mol. The second-order valence-electron chi connectivity index (χ2n) is 6.67. The molecule has 0 aromatic heterocycles. The van der Waals surface area contributed by atoms with Crippen molar-refractivity contribution in [3.63, 3.8) is 0 Å². The molecule has 1 amide bonds.